The molecule has 166 valence electrons. The van der Waals surface area contributed by atoms with Gasteiger partial charge in [-0.15, -0.1) is 0 Å². The number of halogens is 3. The molecule has 1 fully saturated rings. The van der Waals surface area contributed by atoms with E-state index in [4.69, 9.17) is 0 Å². The molecular weight excluding hydrogens is 417 g/mol. The van der Waals surface area contributed by atoms with E-state index < -0.39 is 24.2 Å². The van der Waals surface area contributed by atoms with Crippen LogP contribution in [0.15, 0.2) is 46.8 Å². The molecule has 12 heteroatoms. The summed E-state index contributed by atoms with van der Waals surface area (Å²) in [5.74, 6) is -1.34. The summed E-state index contributed by atoms with van der Waals surface area (Å²) in [4.78, 5) is 24.5. The highest BCUT2D eigenvalue weighted by Crippen LogP contribution is 2.26. The molecule has 2 aromatic rings. The zero-order valence-electron chi connectivity index (χ0n) is 16.6. The minimum absolute atomic E-state index is 0.0372. The number of carbonyl (C=O) groups is 1. The predicted octanol–water partition coefficient (Wildman–Crippen LogP) is 2.21. The Hall–Kier alpha value is -3.28. The Morgan fingerprint density at radius 3 is 2.61 bits per heavy atom. The van der Waals surface area contributed by atoms with E-state index in [9.17, 15) is 23.1 Å². The second kappa shape index (κ2) is 9.25. The number of aliphatic hydroxyl groups is 1. The lowest BCUT2D eigenvalue weighted by Gasteiger charge is -2.37. The van der Waals surface area contributed by atoms with E-state index in [-0.39, 0.29) is 18.5 Å². The quantitative estimate of drug-likeness (QED) is 0.438. The summed E-state index contributed by atoms with van der Waals surface area (Å²) >= 11 is 0. The average molecular weight is 438 g/mol. The fourth-order valence-corrected chi connectivity index (χ4v) is 3.33. The van der Waals surface area contributed by atoms with Gasteiger partial charge in [-0.05, 0) is 31.9 Å². The van der Waals surface area contributed by atoms with E-state index >= 15 is 0 Å². The Kier molecular flexibility index (Phi) is 6.68. The first-order valence-corrected chi connectivity index (χ1v) is 9.44. The second-order valence-corrected chi connectivity index (χ2v) is 7.01. The zero-order valence-corrected chi connectivity index (χ0v) is 16.6. The summed E-state index contributed by atoms with van der Waals surface area (Å²) in [6.07, 6.45) is -4.04. The SMILES string of the molecule is C=NOC(=NC1CC[C@@H](C)N(C(=O)c2ccccc2-n2nccn2)C1)C(O)C(F)(F)F. The lowest BCUT2D eigenvalue weighted by atomic mass is 9.98. The normalized spacial score (nSPS) is 20.9. The number of amides is 1. The van der Waals surface area contributed by atoms with Crippen molar-refractivity contribution in [2.45, 2.75) is 44.1 Å². The Morgan fingerprint density at radius 2 is 1.97 bits per heavy atom. The van der Waals surface area contributed by atoms with Gasteiger partial charge in [0.05, 0.1) is 29.7 Å². The second-order valence-electron chi connectivity index (χ2n) is 7.01. The summed E-state index contributed by atoms with van der Waals surface area (Å²) in [6, 6.07) is 5.87. The molecule has 1 amide bonds. The number of likely N-dealkylation sites (tertiary alicyclic amines) is 1. The highest BCUT2D eigenvalue weighted by Gasteiger charge is 2.44. The monoisotopic (exact) mass is 438 g/mol. The third kappa shape index (κ3) is 5.08. The van der Waals surface area contributed by atoms with Crippen molar-refractivity contribution < 1.29 is 27.9 Å². The number of rotatable bonds is 5. The van der Waals surface area contributed by atoms with Crippen LogP contribution < -0.4 is 0 Å². The molecule has 1 aromatic carbocycles. The van der Waals surface area contributed by atoms with E-state index in [1.807, 2.05) is 6.92 Å². The van der Waals surface area contributed by atoms with Crippen LogP contribution in [0.25, 0.3) is 5.69 Å². The molecule has 0 radical (unpaired) electrons. The highest BCUT2D eigenvalue weighted by atomic mass is 19.4. The minimum atomic E-state index is -4.98. The van der Waals surface area contributed by atoms with Crippen molar-refractivity contribution in [3.8, 4) is 5.69 Å². The molecule has 0 bridgehead atoms. The molecule has 2 unspecified atom stereocenters. The maximum absolute atomic E-state index is 13.3. The number of nitrogens with zero attached hydrogens (tertiary/aromatic N) is 6. The molecule has 1 aliphatic rings. The summed E-state index contributed by atoms with van der Waals surface area (Å²) in [6.45, 7) is 4.86. The van der Waals surface area contributed by atoms with Gasteiger partial charge in [-0.2, -0.15) is 28.2 Å². The van der Waals surface area contributed by atoms with Crippen LogP contribution in [0.1, 0.15) is 30.1 Å². The topological polar surface area (TPSA) is 105 Å². The number of aliphatic imine (C=N–C) groups is 1. The largest absolute Gasteiger partial charge is 0.423 e. The molecule has 1 saturated heterocycles. The van der Waals surface area contributed by atoms with Gasteiger partial charge in [-0.1, -0.05) is 17.3 Å². The number of piperidine rings is 1. The maximum Gasteiger partial charge on any atom is 0.423 e. The van der Waals surface area contributed by atoms with Crippen LogP contribution in [0.5, 0.6) is 0 Å². The van der Waals surface area contributed by atoms with Crippen LogP contribution in [0.2, 0.25) is 0 Å². The third-order valence-electron chi connectivity index (χ3n) is 4.90. The van der Waals surface area contributed by atoms with Gasteiger partial charge in [0, 0.05) is 19.3 Å². The average Bonchev–Trinajstić information content (AvgIpc) is 3.28. The van der Waals surface area contributed by atoms with Gasteiger partial charge in [-0.3, -0.25) is 4.79 Å². The van der Waals surface area contributed by atoms with Crippen LogP contribution in [0.3, 0.4) is 0 Å². The van der Waals surface area contributed by atoms with Gasteiger partial charge in [0.2, 0.25) is 6.10 Å². The molecule has 1 aliphatic heterocycles. The minimum Gasteiger partial charge on any atom is -0.376 e. The van der Waals surface area contributed by atoms with Gasteiger partial charge in [0.25, 0.3) is 11.8 Å². The molecule has 9 nitrogen and oxygen atoms in total. The fourth-order valence-electron chi connectivity index (χ4n) is 3.33. The molecule has 0 spiro atoms. The molecule has 3 atom stereocenters. The Labute approximate surface area is 175 Å². The zero-order chi connectivity index (χ0) is 22.6. The smallest absolute Gasteiger partial charge is 0.376 e. The van der Waals surface area contributed by atoms with Gasteiger partial charge in [0.1, 0.15) is 0 Å². The molecule has 31 heavy (non-hydrogen) atoms. The van der Waals surface area contributed by atoms with Crippen molar-refractivity contribution in [1.82, 2.24) is 19.9 Å². The van der Waals surface area contributed by atoms with Crippen molar-refractivity contribution in [3.05, 3.63) is 42.2 Å². The summed E-state index contributed by atoms with van der Waals surface area (Å²) in [5.41, 5.74) is 0.817. The number of aromatic nitrogens is 3. The number of alkyl halides is 3. The van der Waals surface area contributed by atoms with E-state index in [2.05, 4.69) is 31.9 Å². The first-order chi connectivity index (χ1) is 14.7. The van der Waals surface area contributed by atoms with Crippen molar-refractivity contribution in [1.29, 1.82) is 0 Å². The molecule has 1 aromatic heterocycles. The summed E-state index contributed by atoms with van der Waals surface area (Å²) < 4.78 is 38.7. The van der Waals surface area contributed by atoms with E-state index in [0.717, 1.165) is 0 Å². The number of carbonyl (C=O) groups excluding carboxylic acids is 1. The van der Waals surface area contributed by atoms with Crippen LogP contribution in [0, 0.1) is 0 Å². The molecule has 3 rings (SSSR count). The van der Waals surface area contributed by atoms with Crippen LogP contribution in [0.4, 0.5) is 13.2 Å². The lowest BCUT2D eigenvalue weighted by molar-refractivity contribution is -0.185. The van der Waals surface area contributed by atoms with Crippen molar-refractivity contribution in [2.75, 3.05) is 6.54 Å². The predicted molar refractivity (Wildman–Crippen MR) is 105 cm³/mol. The van der Waals surface area contributed by atoms with Crippen LogP contribution >= 0.6 is 0 Å². The summed E-state index contributed by atoms with van der Waals surface area (Å²) in [7, 11) is 0. The first-order valence-electron chi connectivity index (χ1n) is 9.44. The van der Waals surface area contributed by atoms with E-state index in [1.54, 1.807) is 24.3 Å². The number of hydrogen-bond acceptors (Lipinski definition) is 7. The maximum atomic E-state index is 13.3. The Balaban J connectivity index is 1.86. The Bertz CT molecular complexity index is 948. The number of benzene rings is 1. The highest BCUT2D eigenvalue weighted by molar-refractivity contribution is 5.98. The first kappa shape index (κ1) is 22.4. The van der Waals surface area contributed by atoms with Gasteiger partial charge < -0.3 is 14.8 Å². The fraction of sp³-hybridized carbons (Fsp3) is 0.421. The van der Waals surface area contributed by atoms with Crippen LogP contribution in [-0.4, -0.2) is 74.4 Å². The van der Waals surface area contributed by atoms with E-state index in [0.29, 0.717) is 24.1 Å². The number of aliphatic hydroxyl groups excluding tert-OH is 1. The standard InChI is InChI=1S/C19H21F3N6O3/c1-12-7-8-13(26-17(31-23-2)16(29)19(20,21)22)11-27(12)18(30)14-5-3-4-6-15(14)28-24-9-10-25-28/h3-6,9-10,12-13,16,29H,2,7-8,11H2,1H3/t12-,13?,16?/m1/s1. The third-order valence-corrected chi connectivity index (χ3v) is 4.90. The molecule has 0 saturated carbocycles. The molecule has 1 N–H and O–H groups in total. The van der Waals surface area contributed by atoms with Gasteiger partial charge in [-0.25, -0.2) is 4.99 Å². The number of hydrogen-bond donors (Lipinski definition) is 1. The van der Waals surface area contributed by atoms with E-state index in [1.165, 1.54) is 22.1 Å². The number of oxime groups is 1. The lowest BCUT2D eigenvalue weighted by Crippen LogP contribution is -2.48. The van der Waals surface area contributed by atoms with Crippen molar-refractivity contribution >= 4 is 18.5 Å². The molecular formula is C19H21F3N6O3. The molecule has 2 heterocycles. The Morgan fingerprint density at radius 1 is 1.29 bits per heavy atom. The van der Waals surface area contributed by atoms with Crippen molar-refractivity contribution in [3.63, 3.8) is 0 Å². The molecule has 0 aliphatic carbocycles. The summed E-state index contributed by atoms with van der Waals surface area (Å²) in [5, 5.41) is 20.6. The van der Waals surface area contributed by atoms with Gasteiger partial charge in [0.15, 0.2) is 0 Å². The number of para-hydroxylation sites is 1. The van der Waals surface area contributed by atoms with Gasteiger partial charge >= 0.3 is 6.18 Å². The van der Waals surface area contributed by atoms with Crippen LogP contribution in [-0.2, 0) is 4.84 Å². The van der Waals surface area contributed by atoms with Crippen molar-refractivity contribution in [2.24, 2.45) is 10.1 Å².